The van der Waals surface area contributed by atoms with E-state index in [0.717, 1.165) is 41.6 Å². The lowest BCUT2D eigenvalue weighted by Crippen LogP contribution is -2.37. The molecule has 0 unspecified atom stereocenters. The Morgan fingerprint density at radius 2 is 1.92 bits per heavy atom. The van der Waals surface area contributed by atoms with E-state index in [1.807, 2.05) is 13.0 Å². The molecule has 192 valence electrons. The first-order chi connectivity index (χ1) is 17.1. The van der Waals surface area contributed by atoms with E-state index >= 15 is 0 Å². The zero-order valence-electron chi connectivity index (χ0n) is 20.8. The molecule has 1 aliphatic heterocycles. The maximum absolute atomic E-state index is 13.2. The molecule has 1 fully saturated rings. The zero-order chi connectivity index (χ0) is 26.0. The summed E-state index contributed by atoms with van der Waals surface area (Å²) in [6, 6.07) is 10.3. The summed E-state index contributed by atoms with van der Waals surface area (Å²) in [7, 11) is 0.814. The van der Waals surface area contributed by atoms with Gasteiger partial charge in [0.05, 0.1) is 5.69 Å². The number of likely N-dealkylation sites (tertiary alicyclic amines) is 1. The van der Waals surface area contributed by atoms with Crippen LogP contribution in [0.3, 0.4) is 0 Å². The first-order valence-corrected chi connectivity index (χ1v) is 13.1. The number of nitrogens with one attached hydrogen (secondary N) is 2. The summed E-state index contributed by atoms with van der Waals surface area (Å²) in [6.45, 7) is 4.28. The maximum Gasteiger partial charge on any atom is 0.414 e. The fraction of sp³-hybridized carbons (Fsp3) is 0.360. The van der Waals surface area contributed by atoms with Gasteiger partial charge in [0, 0.05) is 51.1 Å². The van der Waals surface area contributed by atoms with Gasteiger partial charge in [0.2, 0.25) is 0 Å². The number of rotatable bonds is 8. The molecule has 0 bridgehead atoms. The van der Waals surface area contributed by atoms with Gasteiger partial charge in [-0.15, -0.1) is 0 Å². The third-order valence-corrected chi connectivity index (χ3v) is 7.34. The molecule has 2 aromatic carbocycles. The summed E-state index contributed by atoms with van der Waals surface area (Å²) in [4.78, 5) is 28.8. The Bertz CT molecular complexity index is 1460. The van der Waals surface area contributed by atoms with Crippen LogP contribution in [0.1, 0.15) is 28.7 Å². The van der Waals surface area contributed by atoms with E-state index in [2.05, 4.69) is 14.3 Å². The Kier molecular flexibility index (Phi) is 7.34. The topological polar surface area (TPSA) is 121 Å². The SMILES string of the molecule is CNS(=O)(=O)Nc1cccc(Cc2c(CN3CCC3)c3ccc(OC(=O)N(C)C)cc3oc2=O)c1C. The van der Waals surface area contributed by atoms with Gasteiger partial charge in [-0.05, 0) is 61.3 Å². The van der Waals surface area contributed by atoms with Crippen LogP contribution < -0.4 is 19.8 Å². The van der Waals surface area contributed by atoms with Crippen molar-refractivity contribution in [3.63, 3.8) is 0 Å². The number of hydrogen-bond acceptors (Lipinski definition) is 7. The van der Waals surface area contributed by atoms with Gasteiger partial charge in [0.15, 0.2) is 0 Å². The predicted molar refractivity (Wildman–Crippen MR) is 138 cm³/mol. The Balaban J connectivity index is 1.77. The van der Waals surface area contributed by atoms with Gasteiger partial charge in [-0.25, -0.2) is 14.3 Å². The number of amides is 1. The van der Waals surface area contributed by atoms with E-state index in [4.69, 9.17) is 9.15 Å². The van der Waals surface area contributed by atoms with Crippen LogP contribution in [0.5, 0.6) is 5.75 Å². The monoisotopic (exact) mass is 514 g/mol. The summed E-state index contributed by atoms with van der Waals surface area (Å²) in [5.74, 6) is 0.285. The van der Waals surface area contributed by atoms with Crippen LogP contribution >= 0.6 is 0 Å². The van der Waals surface area contributed by atoms with E-state index in [-0.39, 0.29) is 12.2 Å². The van der Waals surface area contributed by atoms with Gasteiger partial charge in [0.1, 0.15) is 11.3 Å². The Morgan fingerprint density at radius 3 is 2.56 bits per heavy atom. The van der Waals surface area contributed by atoms with Gasteiger partial charge in [-0.2, -0.15) is 8.42 Å². The van der Waals surface area contributed by atoms with Crippen molar-refractivity contribution < 1.29 is 22.4 Å². The van der Waals surface area contributed by atoms with Crippen molar-refractivity contribution in [2.45, 2.75) is 26.3 Å². The van der Waals surface area contributed by atoms with Gasteiger partial charge in [-0.1, -0.05) is 12.1 Å². The average Bonchev–Trinajstić information content (AvgIpc) is 2.79. The molecule has 1 aromatic heterocycles. The summed E-state index contributed by atoms with van der Waals surface area (Å²) in [5, 5.41) is 0.769. The lowest BCUT2D eigenvalue weighted by molar-refractivity contribution is 0.171. The second kappa shape index (κ2) is 10.3. The maximum atomic E-state index is 13.2. The van der Waals surface area contributed by atoms with Crippen LogP contribution in [0.25, 0.3) is 11.0 Å². The van der Waals surface area contributed by atoms with Crippen molar-refractivity contribution in [3.05, 3.63) is 69.1 Å². The first kappa shape index (κ1) is 25.7. The molecule has 2 N–H and O–H groups in total. The third kappa shape index (κ3) is 5.53. The van der Waals surface area contributed by atoms with Crippen molar-refractivity contribution in [2.24, 2.45) is 0 Å². The van der Waals surface area contributed by atoms with Crippen molar-refractivity contribution in [1.29, 1.82) is 0 Å². The molecule has 0 radical (unpaired) electrons. The quantitative estimate of drug-likeness (QED) is 0.444. The summed E-state index contributed by atoms with van der Waals surface area (Å²) in [6.07, 6.45) is 0.852. The van der Waals surface area contributed by atoms with Crippen LogP contribution in [-0.2, 0) is 23.2 Å². The molecule has 1 saturated heterocycles. The Morgan fingerprint density at radius 1 is 1.17 bits per heavy atom. The number of carbonyl (C=O) groups is 1. The number of carbonyl (C=O) groups excluding carboxylic acids is 1. The molecule has 11 heteroatoms. The average molecular weight is 515 g/mol. The van der Waals surface area contributed by atoms with E-state index in [0.29, 0.717) is 23.4 Å². The van der Waals surface area contributed by atoms with Gasteiger partial charge in [0.25, 0.3) is 10.2 Å². The van der Waals surface area contributed by atoms with Crippen molar-refractivity contribution in [3.8, 4) is 5.75 Å². The number of hydrogen-bond donors (Lipinski definition) is 2. The summed E-state index contributed by atoms with van der Waals surface area (Å²) < 4.78 is 39.8. The van der Waals surface area contributed by atoms with Gasteiger partial charge in [-0.3, -0.25) is 9.62 Å². The molecule has 3 aromatic rings. The minimum Gasteiger partial charge on any atom is -0.422 e. The highest BCUT2D eigenvalue weighted by molar-refractivity contribution is 7.90. The number of fused-ring (bicyclic) bond motifs is 1. The first-order valence-electron chi connectivity index (χ1n) is 11.6. The third-order valence-electron chi connectivity index (χ3n) is 6.32. The molecule has 2 heterocycles. The Labute approximate surface area is 210 Å². The molecule has 0 spiro atoms. The molecule has 0 atom stereocenters. The standard InChI is InChI=1S/C25H30N4O6S/c1-16-17(7-5-8-22(16)27-36(32,33)26-2)13-20-21(15-29-11-6-12-29)19-10-9-18(34-25(31)28(3)4)14-23(19)35-24(20)30/h5,7-10,14,26-27H,6,11-13,15H2,1-4H3. The van der Waals surface area contributed by atoms with E-state index in [9.17, 15) is 18.0 Å². The minimum atomic E-state index is -3.69. The highest BCUT2D eigenvalue weighted by Crippen LogP contribution is 2.30. The van der Waals surface area contributed by atoms with Crippen LogP contribution in [0.4, 0.5) is 10.5 Å². The number of benzene rings is 2. The minimum absolute atomic E-state index is 0.278. The van der Waals surface area contributed by atoms with Crippen molar-refractivity contribution in [2.75, 3.05) is 39.0 Å². The second-order valence-electron chi connectivity index (χ2n) is 8.97. The molecule has 0 saturated carbocycles. The number of nitrogens with zero attached hydrogens (tertiary/aromatic N) is 2. The lowest BCUT2D eigenvalue weighted by Gasteiger charge is -2.31. The molecule has 36 heavy (non-hydrogen) atoms. The van der Waals surface area contributed by atoms with Crippen LogP contribution in [0, 0.1) is 6.92 Å². The zero-order valence-corrected chi connectivity index (χ0v) is 21.6. The lowest BCUT2D eigenvalue weighted by atomic mass is 9.94. The van der Waals surface area contributed by atoms with Crippen LogP contribution in [-0.4, -0.2) is 58.5 Å². The van der Waals surface area contributed by atoms with E-state index < -0.39 is 21.9 Å². The molecule has 1 aliphatic rings. The van der Waals surface area contributed by atoms with Crippen molar-refractivity contribution in [1.82, 2.24) is 14.5 Å². The Hall–Kier alpha value is -3.41. The molecular weight excluding hydrogens is 484 g/mol. The molecule has 0 aliphatic carbocycles. The van der Waals surface area contributed by atoms with E-state index in [1.54, 1.807) is 44.4 Å². The van der Waals surface area contributed by atoms with Gasteiger partial charge >= 0.3 is 11.7 Å². The summed E-state index contributed by atoms with van der Waals surface area (Å²) in [5.41, 5.74) is 3.20. The van der Waals surface area contributed by atoms with Gasteiger partial charge < -0.3 is 14.1 Å². The number of ether oxygens (including phenoxy) is 1. The predicted octanol–water partition coefficient (Wildman–Crippen LogP) is 2.83. The van der Waals surface area contributed by atoms with Crippen molar-refractivity contribution >= 4 is 33.0 Å². The molecular formula is C25H30N4O6S. The summed E-state index contributed by atoms with van der Waals surface area (Å²) >= 11 is 0. The molecule has 4 rings (SSSR count). The second-order valence-corrected chi connectivity index (χ2v) is 10.6. The van der Waals surface area contributed by atoms with Crippen LogP contribution in [0.2, 0.25) is 0 Å². The highest BCUT2D eigenvalue weighted by atomic mass is 32.2. The van der Waals surface area contributed by atoms with E-state index in [1.165, 1.54) is 11.9 Å². The fourth-order valence-corrected chi connectivity index (χ4v) is 4.65. The smallest absolute Gasteiger partial charge is 0.414 e. The largest absolute Gasteiger partial charge is 0.422 e. The normalized spacial score (nSPS) is 13.9. The molecule has 1 amide bonds. The van der Waals surface area contributed by atoms with Crippen LogP contribution in [0.15, 0.2) is 45.6 Å². The fourth-order valence-electron chi connectivity index (χ4n) is 4.03. The molecule has 10 nitrogen and oxygen atoms in total. The highest BCUT2D eigenvalue weighted by Gasteiger charge is 2.22. The number of anilines is 1.